The van der Waals surface area contributed by atoms with Gasteiger partial charge in [0.1, 0.15) is 11.0 Å². The fraction of sp³-hybridized carbons (Fsp3) is 0.600. The molecule has 0 aliphatic carbocycles. The summed E-state index contributed by atoms with van der Waals surface area (Å²) in [7, 11) is 0.187. The van der Waals surface area contributed by atoms with Gasteiger partial charge in [0.15, 0.2) is 9.87 Å². The first-order chi connectivity index (χ1) is 6.13. The summed E-state index contributed by atoms with van der Waals surface area (Å²) >= 11 is 1.27. The van der Waals surface area contributed by atoms with E-state index in [4.69, 9.17) is 0 Å². The van der Waals surface area contributed by atoms with Gasteiger partial charge in [-0.15, -0.1) is 0 Å². The Morgan fingerprint density at radius 2 is 2.46 bits per heavy atom. The van der Waals surface area contributed by atoms with Gasteiger partial charge in [-0.1, -0.05) is 11.8 Å². The Kier molecular flexibility index (Phi) is 3.70. The number of amidine groups is 1. The second-order valence-electron chi connectivity index (χ2n) is 2.20. The molecule has 1 heterocycles. The molecule has 1 aliphatic heterocycles. The molecule has 1 aliphatic rings. The summed E-state index contributed by atoms with van der Waals surface area (Å²) in [5.41, 5.74) is 5.46. The second kappa shape index (κ2) is 4.58. The number of nitrogens with one attached hydrogen (secondary N) is 3. The molecule has 2 unspecified atom stereocenters. The average Bonchev–Trinajstić information content (AvgIpc) is 2.50. The zero-order valence-electron chi connectivity index (χ0n) is 7.16. The van der Waals surface area contributed by atoms with Crippen molar-refractivity contribution in [2.24, 2.45) is 4.99 Å². The van der Waals surface area contributed by atoms with Crippen LogP contribution in [0.3, 0.4) is 0 Å². The Balaban J connectivity index is 2.46. The molecular weight excluding hydrogens is 212 g/mol. The minimum Gasteiger partial charge on any atom is -0.298 e. The summed E-state index contributed by atoms with van der Waals surface area (Å²) in [6, 6.07) is 0. The predicted octanol–water partition coefficient (Wildman–Crippen LogP) is -1.10. The Morgan fingerprint density at radius 3 is 2.92 bits per heavy atom. The first-order valence-electron chi connectivity index (χ1n) is 3.46. The number of carbonyl (C=O) groups is 1. The number of aliphatic imine (C=N–C) groups is 1. The molecule has 0 radical (unpaired) electrons. The molecule has 13 heavy (non-hydrogen) atoms. The number of thioether (sulfide) groups is 1. The summed E-state index contributed by atoms with van der Waals surface area (Å²) in [5, 5.41) is 0.656. The molecule has 74 valence electrons. The van der Waals surface area contributed by atoms with E-state index in [9.17, 15) is 9.00 Å². The zero-order valence-corrected chi connectivity index (χ0v) is 8.79. The van der Waals surface area contributed by atoms with E-state index >= 15 is 0 Å². The molecule has 3 N–H and O–H groups in total. The third-order valence-corrected chi connectivity index (χ3v) is 3.81. The van der Waals surface area contributed by atoms with Crippen LogP contribution in [0.4, 0.5) is 0 Å². The largest absolute Gasteiger partial charge is 0.298 e. The number of hydrogen-bond donors (Lipinski definition) is 3. The Hall–Kier alpha value is -0.600. The van der Waals surface area contributed by atoms with Crippen molar-refractivity contribution in [1.29, 1.82) is 0 Å². The van der Waals surface area contributed by atoms with Crippen LogP contribution < -0.4 is 15.6 Å². The molecule has 0 aromatic carbocycles. The summed E-state index contributed by atoms with van der Waals surface area (Å²) in [4.78, 5) is 14.4. The maximum Gasteiger partial charge on any atom is 0.228 e. The maximum absolute atomic E-state index is 11.3. The van der Waals surface area contributed by atoms with Crippen LogP contribution in [0.5, 0.6) is 0 Å². The average molecular weight is 222 g/mol. The van der Waals surface area contributed by atoms with Gasteiger partial charge in [0, 0.05) is 14.0 Å². The molecule has 2 atom stereocenters. The summed E-state index contributed by atoms with van der Waals surface area (Å²) < 4.78 is 13.2. The minimum absolute atomic E-state index is 0.317. The van der Waals surface area contributed by atoms with Crippen molar-refractivity contribution < 1.29 is 9.00 Å². The normalized spacial score (nSPS) is 26.9. The summed E-state index contributed by atoms with van der Waals surface area (Å²) in [6.45, 7) is 1.32. The smallest absolute Gasteiger partial charge is 0.228 e. The molecule has 6 nitrogen and oxygen atoms in total. The minimum atomic E-state index is -1.44. The van der Waals surface area contributed by atoms with Gasteiger partial charge in [0.05, 0.1) is 0 Å². The van der Waals surface area contributed by atoms with E-state index in [1.165, 1.54) is 18.7 Å². The fourth-order valence-corrected chi connectivity index (χ4v) is 2.55. The van der Waals surface area contributed by atoms with Crippen LogP contribution in [0.2, 0.25) is 0 Å². The molecule has 1 saturated heterocycles. The van der Waals surface area contributed by atoms with Crippen molar-refractivity contribution in [2.45, 2.75) is 11.6 Å². The fourth-order valence-electron chi connectivity index (χ4n) is 0.682. The third kappa shape index (κ3) is 2.98. The monoisotopic (exact) mass is 222 g/mol. The number of hydrazine groups is 1. The van der Waals surface area contributed by atoms with Crippen molar-refractivity contribution in [2.75, 3.05) is 7.05 Å². The molecule has 0 saturated carbocycles. The third-order valence-electron chi connectivity index (χ3n) is 1.16. The van der Waals surface area contributed by atoms with Crippen LogP contribution in [0, 0.1) is 0 Å². The first kappa shape index (κ1) is 10.5. The zero-order chi connectivity index (χ0) is 9.84. The maximum atomic E-state index is 11.3. The highest BCUT2D eigenvalue weighted by atomic mass is 32.2. The number of rotatable bonds is 2. The lowest BCUT2D eigenvalue weighted by Crippen LogP contribution is -2.39. The van der Waals surface area contributed by atoms with Crippen LogP contribution in [0.15, 0.2) is 4.99 Å². The van der Waals surface area contributed by atoms with E-state index < -0.39 is 11.0 Å². The van der Waals surface area contributed by atoms with Gasteiger partial charge in [-0.25, -0.2) is 9.63 Å². The predicted molar refractivity (Wildman–Crippen MR) is 53.0 cm³/mol. The van der Waals surface area contributed by atoms with E-state index in [0.29, 0.717) is 5.17 Å². The Bertz CT molecular complexity index is 267. The first-order valence-corrected chi connectivity index (χ1v) is 5.55. The Labute approximate surface area is 82.5 Å². The van der Waals surface area contributed by atoms with Crippen molar-refractivity contribution in [3.63, 3.8) is 0 Å². The van der Waals surface area contributed by atoms with E-state index in [1.54, 1.807) is 7.05 Å². The molecule has 1 fully saturated rings. The highest BCUT2D eigenvalue weighted by Gasteiger charge is 2.26. The summed E-state index contributed by atoms with van der Waals surface area (Å²) in [5.74, 6) is -0.317. The molecule has 8 heteroatoms. The highest BCUT2D eigenvalue weighted by molar-refractivity contribution is 8.21. The lowest BCUT2D eigenvalue weighted by Gasteiger charge is -2.06. The van der Waals surface area contributed by atoms with Crippen molar-refractivity contribution in [3.8, 4) is 0 Å². The lowest BCUT2D eigenvalue weighted by atomic mass is 10.8. The topological polar surface area (TPSA) is 82.6 Å². The van der Waals surface area contributed by atoms with E-state index in [1.807, 2.05) is 0 Å². The van der Waals surface area contributed by atoms with E-state index in [2.05, 4.69) is 20.6 Å². The van der Waals surface area contributed by atoms with Crippen LogP contribution in [-0.4, -0.2) is 27.0 Å². The van der Waals surface area contributed by atoms with Gasteiger partial charge in [-0.2, -0.15) is 0 Å². The van der Waals surface area contributed by atoms with E-state index in [-0.39, 0.29) is 10.6 Å². The van der Waals surface area contributed by atoms with Gasteiger partial charge >= 0.3 is 0 Å². The summed E-state index contributed by atoms with van der Waals surface area (Å²) in [6.07, 6.45) is 0. The molecule has 0 bridgehead atoms. The number of carbonyl (C=O) groups excluding carboxylic acids is 1. The van der Waals surface area contributed by atoms with Gasteiger partial charge < -0.3 is 0 Å². The van der Waals surface area contributed by atoms with Crippen molar-refractivity contribution >= 4 is 33.8 Å². The standard InChI is InChI=1S/C5H10N4O2S2/c1-3(10)9-13(11)5-8-7-4(6-2)12-5/h5,8H,1-2H3,(H,6,7)(H,9,10). The van der Waals surface area contributed by atoms with Gasteiger partial charge in [-0.3, -0.25) is 19.9 Å². The van der Waals surface area contributed by atoms with Crippen LogP contribution in [0.1, 0.15) is 6.92 Å². The lowest BCUT2D eigenvalue weighted by molar-refractivity contribution is -0.117. The van der Waals surface area contributed by atoms with E-state index in [0.717, 1.165) is 0 Å². The SMILES string of the molecule is CN=C1NNC(S(=O)NC(C)=O)S1. The molecule has 0 aromatic heterocycles. The highest BCUT2D eigenvalue weighted by Crippen LogP contribution is 2.15. The van der Waals surface area contributed by atoms with Gasteiger partial charge in [0.2, 0.25) is 5.91 Å². The van der Waals surface area contributed by atoms with Crippen molar-refractivity contribution in [1.82, 2.24) is 15.6 Å². The van der Waals surface area contributed by atoms with Crippen molar-refractivity contribution in [3.05, 3.63) is 0 Å². The molecule has 1 rings (SSSR count). The number of amides is 1. The number of nitrogens with zero attached hydrogens (tertiary/aromatic N) is 1. The van der Waals surface area contributed by atoms with Crippen LogP contribution >= 0.6 is 11.8 Å². The molecular formula is C5H10N4O2S2. The van der Waals surface area contributed by atoms with Crippen LogP contribution in [-0.2, 0) is 15.8 Å². The molecule has 0 aromatic rings. The quantitative estimate of drug-likeness (QED) is 0.552. The van der Waals surface area contributed by atoms with Crippen LogP contribution in [0.25, 0.3) is 0 Å². The second-order valence-corrected chi connectivity index (χ2v) is 4.87. The Morgan fingerprint density at radius 1 is 1.77 bits per heavy atom. The molecule has 1 amide bonds. The number of hydrogen-bond acceptors (Lipinski definition) is 5. The van der Waals surface area contributed by atoms with Gasteiger partial charge in [0.25, 0.3) is 0 Å². The van der Waals surface area contributed by atoms with Gasteiger partial charge in [-0.05, 0) is 0 Å². The molecule has 0 spiro atoms.